The molecule has 0 spiro atoms. The average Bonchev–Trinajstić information content (AvgIpc) is 2.45. The maximum Gasteiger partial charge on any atom is 0.241 e. The first-order valence-electron chi connectivity index (χ1n) is 5.91. The molecule has 0 unspecified atom stereocenters. The van der Waals surface area contributed by atoms with E-state index in [9.17, 15) is 4.79 Å². The summed E-state index contributed by atoms with van der Waals surface area (Å²) in [4.78, 5) is 10.8. The molecule has 0 aromatic heterocycles. The van der Waals surface area contributed by atoms with E-state index >= 15 is 0 Å². The minimum atomic E-state index is -0.458. The summed E-state index contributed by atoms with van der Waals surface area (Å²) in [7, 11) is 1.64. The Bertz CT molecular complexity index is 618. The van der Waals surface area contributed by atoms with Crippen molar-refractivity contribution in [2.45, 2.75) is 0 Å². The van der Waals surface area contributed by atoms with Gasteiger partial charge < -0.3 is 10.5 Å². The molecule has 2 rings (SSSR count). The van der Waals surface area contributed by atoms with Gasteiger partial charge in [-0.1, -0.05) is 36.4 Å². The van der Waals surface area contributed by atoms with Crippen LogP contribution < -0.4 is 10.5 Å². The molecule has 0 heterocycles. The molecule has 0 saturated carbocycles. The molecule has 3 heteroatoms. The molecule has 0 saturated heterocycles. The lowest BCUT2D eigenvalue weighted by Crippen LogP contribution is -2.05. The fourth-order valence-corrected chi connectivity index (χ4v) is 1.87. The van der Waals surface area contributed by atoms with Gasteiger partial charge in [0.05, 0.1) is 7.11 Å². The molecule has 1 amide bonds. The Morgan fingerprint density at radius 3 is 2.68 bits per heavy atom. The van der Waals surface area contributed by atoms with Crippen molar-refractivity contribution in [3.8, 4) is 16.9 Å². The highest BCUT2D eigenvalue weighted by molar-refractivity contribution is 5.91. The van der Waals surface area contributed by atoms with Gasteiger partial charge in [0.1, 0.15) is 5.75 Å². The van der Waals surface area contributed by atoms with E-state index in [1.165, 1.54) is 6.08 Å². The number of benzene rings is 2. The van der Waals surface area contributed by atoms with E-state index in [4.69, 9.17) is 10.5 Å². The Morgan fingerprint density at radius 2 is 1.95 bits per heavy atom. The number of rotatable bonds is 4. The lowest BCUT2D eigenvalue weighted by molar-refractivity contribution is -0.113. The van der Waals surface area contributed by atoms with Crippen LogP contribution in [0.1, 0.15) is 5.56 Å². The van der Waals surface area contributed by atoms with Crippen molar-refractivity contribution in [2.75, 3.05) is 7.11 Å². The molecule has 3 nitrogen and oxygen atoms in total. The Hall–Kier alpha value is -2.55. The number of ether oxygens (including phenoxy) is 1. The molecule has 0 aliphatic heterocycles. The van der Waals surface area contributed by atoms with Crippen LogP contribution in [0.3, 0.4) is 0 Å². The quantitative estimate of drug-likeness (QED) is 0.852. The van der Waals surface area contributed by atoms with Gasteiger partial charge in [0.2, 0.25) is 5.91 Å². The third kappa shape index (κ3) is 3.22. The first kappa shape index (κ1) is 12.9. The SMILES string of the molecule is COc1cccc(-c2ccccc2/C=C\C(N)=O)c1. The summed E-state index contributed by atoms with van der Waals surface area (Å²) in [6.07, 6.45) is 3.08. The highest BCUT2D eigenvalue weighted by Crippen LogP contribution is 2.27. The van der Waals surface area contributed by atoms with Crippen molar-refractivity contribution in [3.63, 3.8) is 0 Å². The summed E-state index contributed by atoms with van der Waals surface area (Å²) in [6.45, 7) is 0. The molecule has 2 aromatic rings. The third-order valence-corrected chi connectivity index (χ3v) is 2.77. The van der Waals surface area contributed by atoms with E-state index < -0.39 is 5.91 Å². The summed E-state index contributed by atoms with van der Waals surface area (Å²) in [5, 5.41) is 0. The Balaban J connectivity index is 2.46. The number of methoxy groups -OCH3 is 1. The van der Waals surface area contributed by atoms with Crippen LogP contribution >= 0.6 is 0 Å². The normalized spacial score (nSPS) is 10.6. The van der Waals surface area contributed by atoms with E-state index in [1.54, 1.807) is 13.2 Å². The number of hydrogen-bond donors (Lipinski definition) is 1. The summed E-state index contributed by atoms with van der Waals surface area (Å²) in [5.41, 5.74) is 8.13. The number of nitrogens with two attached hydrogens (primary N) is 1. The number of carbonyl (C=O) groups is 1. The zero-order valence-electron chi connectivity index (χ0n) is 10.7. The van der Waals surface area contributed by atoms with Crippen LogP contribution in [0.15, 0.2) is 54.6 Å². The summed E-state index contributed by atoms with van der Waals surface area (Å²) < 4.78 is 5.22. The van der Waals surface area contributed by atoms with Gasteiger partial charge in [-0.05, 0) is 34.9 Å². The average molecular weight is 253 g/mol. The molecular formula is C16H15NO2. The first-order valence-corrected chi connectivity index (χ1v) is 5.91. The minimum absolute atomic E-state index is 0.458. The van der Waals surface area contributed by atoms with Crippen LogP contribution in [-0.2, 0) is 4.79 Å². The monoisotopic (exact) mass is 253 g/mol. The van der Waals surface area contributed by atoms with Gasteiger partial charge >= 0.3 is 0 Å². The number of amides is 1. The Morgan fingerprint density at radius 1 is 1.16 bits per heavy atom. The van der Waals surface area contributed by atoms with Crippen LogP contribution in [0.2, 0.25) is 0 Å². The highest BCUT2D eigenvalue weighted by atomic mass is 16.5. The van der Waals surface area contributed by atoms with Gasteiger partial charge in [-0.2, -0.15) is 0 Å². The second-order valence-electron chi connectivity index (χ2n) is 4.05. The van der Waals surface area contributed by atoms with Gasteiger partial charge in [-0.25, -0.2) is 0 Å². The van der Waals surface area contributed by atoms with E-state index in [0.717, 1.165) is 22.4 Å². The highest BCUT2D eigenvalue weighted by Gasteiger charge is 2.03. The zero-order valence-corrected chi connectivity index (χ0v) is 10.7. The van der Waals surface area contributed by atoms with E-state index in [0.29, 0.717) is 0 Å². The van der Waals surface area contributed by atoms with Crippen LogP contribution in [-0.4, -0.2) is 13.0 Å². The maximum atomic E-state index is 10.8. The molecule has 2 N–H and O–H groups in total. The first-order chi connectivity index (χ1) is 9.20. The molecule has 96 valence electrons. The van der Waals surface area contributed by atoms with Crippen molar-refractivity contribution in [1.82, 2.24) is 0 Å². The number of hydrogen-bond acceptors (Lipinski definition) is 2. The Labute approximate surface area is 112 Å². The van der Waals surface area contributed by atoms with E-state index in [-0.39, 0.29) is 0 Å². The van der Waals surface area contributed by atoms with Crippen molar-refractivity contribution < 1.29 is 9.53 Å². The maximum absolute atomic E-state index is 10.8. The molecule has 19 heavy (non-hydrogen) atoms. The van der Waals surface area contributed by atoms with Crippen molar-refractivity contribution in [2.24, 2.45) is 5.73 Å². The summed E-state index contributed by atoms with van der Waals surface area (Å²) in [5.74, 6) is 0.339. The van der Waals surface area contributed by atoms with Gasteiger partial charge in [-0.3, -0.25) is 4.79 Å². The molecule has 0 aliphatic rings. The lowest BCUT2D eigenvalue weighted by atomic mass is 9.99. The standard InChI is InChI=1S/C16H15NO2/c1-19-14-7-4-6-13(11-14)15-8-3-2-5-12(15)9-10-16(17)18/h2-11H,1H3,(H2,17,18)/b10-9-. The van der Waals surface area contributed by atoms with Crippen LogP contribution in [0.4, 0.5) is 0 Å². The fraction of sp³-hybridized carbons (Fsp3) is 0.0625. The number of carbonyl (C=O) groups excluding carboxylic acids is 1. The minimum Gasteiger partial charge on any atom is -0.497 e. The lowest BCUT2D eigenvalue weighted by Gasteiger charge is -2.08. The second-order valence-corrected chi connectivity index (χ2v) is 4.05. The molecule has 0 bridgehead atoms. The van der Waals surface area contributed by atoms with Gasteiger partial charge in [-0.15, -0.1) is 0 Å². The molecule has 2 aromatic carbocycles. The van der Waals surface area contributed by atoms with Crippen LogP contribution in [0.5, 0.6) is 5.75 Å². The third-order valence-electron chi connectivity index (χ3n) is 2.77. The fourth-order valence-electron chi connectivity index (χ4n) is 1.87. The molecule has 0 radical (unpaired) electrons. The number of primary amides is 1. The van der Waals surface area contributed by atoms with Gasteiger partial charge in [0.15, 0.2) is 0 Å². The smallest absolute Gasteiger partial charge is 0.241 e. The van der Waals surface area contributed by atoms with Gasteiger partial charge in [0, 0.05) is 6.08 Å². The molecule has 0 fully saturated rings. The van der Waals surface area contributed by atoms with Crippen molar-refractivity contribution in [3.05, 3.63) is 60.2 Å². The van der Waals surface area contributed by atoms with Crippen LogP contribution in [0, 0.1) is 0 Å². The molecule has 0 aliphatic carbocycles. The molecular weight excluding hydrogens is 238 g/mol. The van der Waals surface area contributed by atoms with Crippen molar-refractivity contribution >= 4 is 12.0 Å². The summed E-state index contributed by atoms with van der Waals surface area (Å²) >= 11 is 0. The van der Waals surface area contributed by atoms with E-state index in [1.807, 2.05) is 48.5 Å². The Kier molecular flexibility index (Phi) is 3.98. The zero-order chi connectivity index (χ0) is 13.7. The van der Waals surface area contributed by atoms with Crippen molar-refractivity contribution in [1.29, 1.82) is 0 Å². The van der Waals surface area contributed by atoms with Gasteiger partial charge in [0.25, 0.3) is 0 Å². The van der Waals surface area contributed by atoms with E-state index in [2.05, 4.69) is 0 Å². The van der Waals surface area contributed by atoms with Crippen LogP contribution in [0.25, 0.3) is 17.2 Å². The molecule has 0 atom stereocenters. The predicted molar refractivity (Wildman–Crippen MR) is 76.7 cm³/mol. The second kappa shape index (κ2) is 5.87. The topological polar surface area (TPSA) is 52.3 Å². The largest absolute Gasteiger partial charge is 0.497 e. The predicted octanol–water partition coefficient (Wildman–Crippen LogP) is 2.86. The summed E-state index contributed by atoms with van der Waals surface area (Å²) in [6, 6.07) is 15.6.